The van der Waals surface area contributed by atoms with Gasteiger partial charge in [0.25, 0.3) is 0 Å². The predicted molar refractivity (Wildman–Crippen MR) is 283 cm³/mol. The van der Waals surface area contributed by atoms with E-state index in [0.29, 0.717) is 19.4 Å². The number of carbonyl (C=O) groups excluding carboxylic acids is 2. The summed E-state index contributed by atoms with van der Waals surface area (Å²) >= 11 is 0. The average Bonchev–Trinajstić information content (AvgIpc) is 3.31. The van der Waals surface area contributed by atoms with Gasteiger partial charge in [-0.05, 0) is 57.8 Å². The fourth-order valence-corrected chi connectivity index (χ4v) is 8.98. The van der Waals surface area contributed by atoms with Crippen molar-refractivity contribution in [2.45, 2.75) is 328 Å². The van der Waals surface area contributed by atoms with Gasteiger partial charge in [0.1, 0.15) is 0 Å². The summed E-state index contributed by atoms with van der Waals surface area (Å²) in [5, 5.41) is 23.0. The molecule has 65 heavy (non-hydrogen) atoms. The number of hydrogen-bond donors (Lipinski definition) is 3. The fourth-order valence-electron chi connectivity index (χ4n) is 8.98. The molecule has 0 saturated carbocycles. The Hall–Kier alpha value is -1.66. The molecule has 0 aromatic rings. The number of aliphatic hydroxyl groups is 2. The first-order valence-corrected chi connectivity index (χ1v) is 29.1. The minimum absolute atomic E-state index is 0.0125. The van der Waals surface area contributed by atoms with Crippen LogP contribution in [-0.2, 0) is 14.3 Å². The van der Waals surface area contributed by atoms with E-state index < -0.39 is 12.1 Å². The summed E-state index contributed by atoms with van der Waals surface area (Å²) in [5.74, 6) is -0.0620. The van der Waals surface area contributed by atoms with Crippen molar-refractivity contribution in [3.8, 4) is 0 Å². The number of rotatable bonds is 54. The van der Waals surface area contributed by atoms with E-state index in [9.17, 15) is 19.8 Å². The molecule has 0 saturated heterocycles. The SMILES string of the molecule is CCCCCCCCCCCC/C=C/C(O)C(CO)NC(=O)CCCCCCCCC/C=C\CCCCCCCCCCCCCCOC(=O)CCCCCCCCCCCCCCC. The molecular formula is C59H113NO5. The number of nitrogens with one attached hydrogen (secondary N) is 1. The Kier molecular flexibility index (Phi) is 53.5. The molecule has 0 heterocycles. The summed E-state index contributed by atoms with van der Waals surface area (Å²) in [7, 11) is 0. The van der Waals surface area contributed by atoms with Crippen LogP contribution in [0, 0.1) is 0 Å². The number of amides is 1. The van der Waals surface area contributed by atoms with Crippen LogP contribution >= 0.6 is 0 Å². The molecule has 0 bridgehead atoms. The molecule has 0 spiro atoms. The predicted octanol–water partition coefficient (Wildman–Crippen LogP) is 17.9. The Morgan fingerprint density at radius 1 is 0.415 bits per heavy atom. The molecule has 2 unspecified atom stereocenters. The molecule has 2 atom stereocenters. The number of ether oxygens (including phenoxy) is 1. The smallest absolute Gasteiger partial charge is 0.305 e. The Morgan fingerprint density at radius 3 is 1.09 bits per heavy atom. The number of hydrogen-bond acceptors (Lipinski definition) is 5. The maximum absolute atomic E-state index is 12.4. The Bertz CT molecular complexity index is 1010. The normalized spacial score (nSPS) is 12.7. The molecule has 0 fully saturated rings. The molecule has 3 N–H and O–H groups in total. The molecule has 0 aliphatic heterocycles. The van der Waals surface area contributed by atoms with Crippen LogP contribution in [-0.4, -0.2) is 47.4 Å². The van der Waals surface area contributed by atoms with Crippen LogP contribution in [0.2, 0.25) is 0 Å². The third-order valence-corrected chi connectivity index (χ3v) is 13.5. The summed E-state index contributed by atoms with van der Waals surface area (Å²) in [6.07, 6.45) is 66.3. The first-order chi connectivity index (χ1) is 32.0. The summed E-state index contributed by atoms with van der Waals surface area (Å²) in [6, 6.07) is -0.631. The van der Waals surface area contributed by atoms with Gasteiger partial charge in [0.05, 0.1) is 25.4 Å². The van der Waals surface area contributed by atoms with Crippen LogP contribution < -0.4 is 5.32 Å². The Labute approximate surface area is 405 Å². The van der Waals surface area contributed by atoms with Crippen LogP contribution in [0.3, 0.4) is 0 Å². The lowest BCUT2D eigenvalue weighted by Gasteiger charge is -2.20. The lowest BCUT2D eigenvalue weighted by Crippen LogP contribution is -2.45. The van der Waals surface area contributed by atoms with Gasteiger partial charge in [-0.2, -0.15) is 0 Å². The average molecular weight is 917 g/mol. The quantitative estimate of drug-likeness (QED) is 0.0321. The number of unbranched alkanes of at least 4 members (excludes halogenated alkanes) is 41. The van der Waals surface area contributed by atoms with Crippen LogP contribution in [0.25, 0.3) is 0 Å². The highest BCUT2D eigenvalue weighted by atomic mass is 16.5. The van der Waals surface area contributed by atoms with E-state index >= 15 is 0 Å². The van der Waals surface area contributed by atoms with Crippen molar-refractivity contribution in [3.63, 3.8) is 0 Å². The van der Waals surface area contributed by atoms with Gasteiger partial charge >= 0.3 is 5.97 Å². The first-order valence-electron chi connectivity index (χ1n) is 29.1. The van der Waals surface area contributed by atoms with E-state index in [4.69, 9.17) is 4.74 Å². The molecule has 0 aromatic heterocycles. The lowest BCUT2D eigenvalue weighted by atomic mass is 10.0. The van der Waals surface area contributed by atoms with E-state index in [1.165, 1.54) is 244 Å². The van der Waals surface area contributed by atoms with Crippen molar-refractivity contribution in [2.75, 3.05) is 13.2 Å². The summed E-state index contributed by atoms with van der Waals surface area (Å²) < 4.78 is 5.47. The molecule has 0 rings (SSSR count). The van der Waals surface area contributed by atoms with Crippen LogP contribution in [0.1, 0.15) is 316 Å². The molecule has 0 aromatic carbocycles. The summed E-state index contributed by atoms with van der Waals surface area (Å²) in [4.78, 5) is 24.4. The fraction of sp³-hybridized carbons (Fsp3) is 0.898. The van der Waals surface area contributed by atoms with Crippen LogP contribution in [0.4, 0.5) is 0 Å². The Balaban J connectivity index is 3.41. The van der Waals surface area contributed by atoms with Crippen molar-refractivity contribution in [1.82, 2.24) is 5.32 Å². The summed E-state index contributed by atoms with van der Waals surface area (Å²) in [6.45, 7) is 4.90. The lowest BCUT2D eigenvalue weighted by molar-refractivity contribution is -0.143. The van der Waals surface area contributed by atoms with Crippen molar-refractivity contribution in [2.24, 2.45) is 0 Å². The zero-order valence-electron chi connectivity index (χ0n) is 43.7. The second-order valence-electron chi connectivity index (χ2n) is 20.0. The molecular weight excluding hydrogens is 803 g/mol. The first kappa shape index (κ1) is 63.3. The van der Waals surface area contributed by atoms with E-state index in [2.05, 4.69) is 31.3 Å². The van der Waals surface area contributed by atoms with E-state index in [-0.39, 0.29) is 18.5 Å². The maximum Gasteiger partial charge on any atom is 0.305 e. The van der Waals surface area contributed by atoms with Gasteiger partial charge in [0.2, 0.25) is 5.91 Å². The molecule has 0 aliphatic rings. The molecule has 6 nitrogen and oxygen atoms in total. The van der Waals surface area contributed by atoms with Gasteiger partial charge in [-0.3, -0.25) is 9.59 Å². The second-order valence-corrected chi connectivity index (χ2v) is 20.0. The second kappa shape index (κ2) is 54.9. The van der Waals surface area contributed by atoms with Gasteiger partial charge in [-0.1, -0.05) is 269 Å². The molecule has 384 valence electrons. The molecule has 0 radical (unpaired) electrons. The highest BCUT2D eigenvalue weighted by Gasteiger charge is 2.18. The van der Waals surface area contributed by atoms with Gasteiger partial charge < -0.3 is 20.3 Å². The van der Waals surface area contributed by atoms with E-state index in [1.54, 1.807) is 6.08 Å². The third kappa shape index (κ3) is 51.6. The third-order valence-electron chi connectivity index (χ3n) is 13.5. The highest BCUT2D eigenvalue weighted by Crippen LogP contribution is 2.17. The number of carbonyl (C=O) groups is 2. The van der Waals surface area contributed by atoms with E-state index in [0.717, 1.165) is 44.9 Å². The van der Waals surface area contributed by atoms with Crippen molar-refractivity contribution < 1.29 is 24.5 Å². The minimum atomic E-state index is -0.846. The number of allylic oxidation sites excluding steroid dienone is 3. The largest absolute Gasteiger partial charge is 0.466 e. The molecule has 1 amide bonds. The maximum atomic E-state index is 12.4. The van der Waals surface area contributed by atoms with Crippen molar-refractivity contribution in [3.05, 3.63) is 24.3 Å². The van der Waals surface area contributed by atoms with Crippen molar-refractivity contribution >= 4 is 11.9 Å². The topological polar surface area (TPSA) is 95.9 Å². The van der Waals surface area contributed by atoms with Crippen LogP contribution in [0.5, 0.6) is 0 Å². The standard InChI is InChI=1S/C59H113NO5/c1-3-5-7-9-11-13-15-28-33-37-41-45-49-53-59(64)65-54-50-46-42-38-34-30-27-25-23-21-19-17-18-20-22-24-26-29-32-36-40-44-48-52-58(63)60-56(55-61)57(62)51-47-43-39-35-31-16-14-12-10-8-6-4-2/h20,22,47,51,56-57,61-62H,3-19,21,23-46,48-50,52-55H2,1-2H3,(H,60,63)/b22-20-,51-47+. The minimum Gasteiger partial charge on any atom is -0.466 e. The van der Waals surface area contributed by atoms with Gasteiger partial charge in [-0.25, -0.2) is 0 Å². The van der Waals surface area contributed by atoms with Crippen LogP contribution in [0.15, 0.2) is 24.3 Å². The number of aliphatic hydroxyl groups excluding tert-OH is 2. The molecule has 0 aliphatic carbocycles. The van der Waals surface area contributed by atoms with E-state index in [1.807, 2.05) is 6.08 Å². The Morgan fingerprint density at radius 2 is 0.723 bits per heavy atom. The zero-order valence-corrected chi connectivity index (χ0v) is 43.7. The summed E-state index contributed by atoms with van der Waals surface area (Å²) in [5.41, 5.74) is 0. The van der Waals surface area contributed by atoms with Crippen molar-refractivity contribution in [1.29, 1.82) is 0 Å². The number of esters is 1. The van der Waals surface area contributed by atoms with Gasteiger partial charge in [-0.15, -0.1) is 0 Å². The molecule has 6 heteroatoms. The highest BCUT2D eigenvalue weighted by molar-refractivity contribution is 5.76. The zero-order chi connectivity index (χ0) is 47.2. The van der Waals surface area contributed by atoms with Gasteiger partial charge in [0, 0.05) is 12.8 Å². The van der Waals surface area contributed by atoms with Gasteiger partial charge in [0.15, 0.2) is 0 Å². The monoisotopic (exact) mass is 916 g/mol.